The van der Waals surface area contributed by atoms with E-state index >= 15 is 0 Å². The van der Waals surface area contributed by atoms with Crippen LogP contribution in [0.3, 0.4) is 0 Å². The second-order valence-corrected chi connectivity index (χ2v) is 5.28. The van der Waals surface area contributed by atoms with Gasteiger partial charge in [0.2, 0.25) is 5.91 Å². The Kier molecular flexibility index (Phi) is 6.97. The van der Waals surface area contributed by atoms with Crippen LogP contribution in [0, 0.1) is 5.92 Å². The summed E-state index contributed by atoms with van der Waals surface area (Å²) in [6, 6.07) is 0.0635. The van der Waals surface area contributed by atoms with Crippen molar-refractivity contribution in [1.29, 1.82) is 0 Å². The van der Waals surface area contributed by atoms with E-state index in [4.69, 9.17) is 4.74 Å². The first-order valence-corrected chi connectivity index (χ1v) is 6.83. The maximum Gasteiger partial charge on any atom is 0.239 e. The molecule has 1 atom stereocenters. The Labute approximate surface area is 116 Å². The Morgan fingerprint density at radius 2 is 2.00 bits per heavy atom. The normalized spacial score (nSPS) is 25.3. The van der Waals surface area contributed by atoms with Gasteiger partial charge in [-0.05, 0) is 38.1 Å². The minimum atomic E-state index is 0. The minimum absolute atomic E-state index is 0. The molecule has 2 saturated heterocycles. The second-order valence-electron chi connectivity index (χ2n) is 5.28. The van der Waals surface area contributed by atoms with Crippen LogP contribution in [0.1, 0.15) is 32.1 Å². The van der Waals surface area contributed by atoms with Gasteiger partial charge in [-0.2, -0.15) is 0 Å². The average Bonchev–Trinajstić information content (AvgIpc) is 2.40. The third kappa shape index (κ3) is 4.41. The van der Waals surface area contributed by atoms with Gasteiger partial charge in [0.1, 0.15) is 0 Å². The average molecular weight is 277 g/mol. The number of hydrogen-bond donors (Lipinski definition) is 1. The zero-order valence-electron chi connectivity index (χ0n) is 11.2. The molecule has 0 radical (unpaired) electrons. The van der Waals surface area contributed by atoms with Gasteiger partial charge < -0.3 is 15.0 Å². The first-order valence-electron chi connectivity index (χ1n) is 6.83. The number of ether oxygens (including phenoxy) is 1. The molecule has 18 heavy (non-hydrogen) atoms. The largest absolute Gasteiger partial charge is 0.381 e. The predicted octanol–water partition coefficient (Wildman–Crippen LogP) is 1.44. The monoisotopic (exact) mass is 276 g/mol. The molecule has 0 aromatic heterocycles. The van der Waals surface area contributed by atoms with Crippen LogP contribution in [0.15, 0.2) is 0 Å². The summed E-state index contributed by atoms with van der Waals surface area (Å²) < 4.78 is 5.34. The Bertz CT molecular complexity index is 251. The quantitative estimate of drug-likeness (QED) is 0.848. The van der Waals surface area contributed by atoms with Crippen molar-refractivity contribution in [2.75, 3.05) is 33.4 Å². The predicted molar refractivity (Wildman–Crippen MR) is 74.1 cm³/mol. The van der Waals surface area contributed by atoms with E-state index in [0.717, 1.165) is 45.6 Å². The summed E-state index contributed by atoms with van der Waals surface area (Å²) in [5, 5.41) is 3.32. The first kappa shape index (κ1) is 15.7. The van der Waals surface area contributed by atoms with E-state index < -0.39 is 0 Å². The summed E-state index contributed by atoms with van der Waals surface area (Å²) >= 11 is 0. The lowest BCUT2D eigenvalue weighted by molar-refractivity contribution is -0.133. The molecule has 4 nitrogen and oxygen atoms in total. The SMILES string of the molecule is CN(CC1CCOCC1)C(=O)C1CCCCN1.Cl. The molecule has 1 unspecified atom stereocenters. The summed E-state index contributed by atoms with van der Waals surface area (Å²) in [6.07, 6.45) is 5.56. The van der Waals surface area contributed by atoms with Crippen molar-refractivity contribution in [2.24, 2.45) is 5.92 Å². The van der Waals surface area contributed by atoms with Gasteiger partial charge in [0.25, 0.3) is 0 Å². The van der Waals surface area contributed by atoms with E-state index in [0.29, 0.717) is 5.92 Å². The first-order chi connectivity index (χ1) is 8.27. The number of likely N-dealkylation sites (N-methyl/N-ethyl adjacent to an activating group) is 1. The fourth-order valence-corrected chi connectivity index (χ4v) is 2.73. The molecule has 2 heterocycles. The molecule has 106 valence electrons. The summed E-state index contributed by atoms with van der Waals surface area (Å²) in [7, 11) is 1.94. The minimum Gasteiger partial charge on any atom is -0.381 e. The number of rotatable bonds is 3. The summed E-state index contributed by atoms with van der Waals surface area (Å²) in [6.45, 7) is 3.59. The van der Waals surface area contributed by atoms with Crippen LogP contribution in [-0.2, 0) is 9.53 Å². The lowest BCUT2D eigenvalue weighted by Crippen LogP contribution is -2.48. The van der Waals surface area contributed by atoms with Crippen LogP contribution in [0.5, 0.6) is 0 Å². The number of piperidine rings is 1. The molecule has 0 spiro atoms. The van der Waals surface area contributed by atoms with Crippen LogP contribution >= 0.6 is 12.4 Å². The van der Waals surface area contributed by atoms with Gasteiger partial charge in [-0.15, -0.1) is 12.4 Å². The Morgan fingerprint density at radius 1 is 1.28 bits per heavy atom. The van der Waals surface area contributed by atoms with E-state index in [9.17, 15) is 4.79 Å². The number of nitrogens with zero attached hydrogens (tertiary/aromatic N) is 1. The maximum atomic E-state index is 12.2. The van der Waals surface area contributed by atoms with E-state index in [2.05, 4.69) is 5.32 Å². The van der Waals surface area contributed by atoms with Crippen molar-refractivity contribution in [3.05, 3.63) is 0 Å². The second kappa shape index (κ2) is 7.97. The van der Waals surface area contributed by atoms with Crippen LogP contribution in [0.4, 0.5) is 0 Å². The standard InChI is InChI=1S/C13H24N2O2.ClH/c1-15(10-11-5-8-17-9-6-11)13(16)12-4-2-3-7-14-12;/h11-12,14H,2-10H2,1H3;1H. The molecule has 0 aliphatic carbocycles. The van der Waals surface area contributed by atoms with Crippen LogP contribution in [0.25, 0.3) is 0 Å². The Morgan fingerprint density at radius 3 is 2.61 bits per heavy atom. The Balaban J connectivity index is 0.00000162. The number of halogens is 1. The third-order valence-electron chi connectivity index (χ3n) is 3.86. The highest BCUT2D eigenvalue weighted by Crippen LogP contribution is 2.17. The zero-order valence-corrected chi connectivity index (χ0v) is 12.0. The lowest BCUT2D eigenvalue weighted by atomic mass is 9.98. The topological polar surface area (TPSA) is 41.6 Å². The highest BCUT2D eigenvalue weighted by Gasteiger charge is 2.25. The fourth-order valence-electron chi connectivity index (χ4n) is 2.73. The number of carbonyl (C=O) groups is 1. The van der Waals surface area contributed by atoms with Gasteiger partial charge in [-0.3, -0.25) is 4.79 Å². The van der Waals surface area contributed by atoms with Crippen molar-refractivity contribution in [1.82, 2.24) is 10.2 Å². The number of hydrogen-bond acceptors (Lipinski definition) is 3. The van der Waals surface area contributed by atoms with E-state index in [1.54, 1.807) is 0 Å². The molecule has 1 amide bonds. The summed E-state index contributed by atoms with van der Waals surface area (Å²) in [5.74, 6) is 0.900. The number of nitrogens with one attached hydrogen (secondary N) is 1. The van der Waals surface area contributed by atoms with Crippen molar-refractivity contribution in [3.63, 3.8) is 0 Å². The molecule has 1 N–H and O–H groups in total. The molecule has 0 aromatic carbocycles. The molecule has 0 aromatic rings. The number of carbonyl (C=O) groups excluding carboxylic acids is 1. The van der Waals surface area contributed by atoms with E-state index in [1.807, 2.05) is 11.9 Å². The van der Waals surface area contributed by atoms with Crippen LogP contribution < -0.4 is 5.32 Å². The summed E-state index contributed by atoms with van der Waals surface area (Å²) in [4.78, 5) is 14.1. The van der Waals surface area contributed by atoms with Gasteiger partial charge in [0, 0.05) is 26.8 Å². The van der Waals surface area contributed by atoms with Gasteiger partial charge in [0.05, 0.1) is 6.04 Å². The lowest BCUT2D eigenvalue weighted by Gasteiger charge is -2.31. The fraction of sp³-hybridized carbons (Fsp3) is 0.923. The third-order valence-corrected chi connectivity index (χ3v) is 3.86. The molecule has 0 bridgehead atoms. The zero-order chi connectivity index (χ0) is 12.1. The highest BCUT2D eigenvalue weighted by atomic mass is 35.5. The van der Waals surface area contributed by atoms with Gasteiger partial charge in [-0.25, -0.2) is 0 Å². The van der Waals surface area contributed by atoms with Gasteiger partial charge >= 0.3 is 0 Å². The number of amides is 1. The van der Waals surface area contributed by atoms with E-state index in [1.165, 1.54) is 12.8 Å². The molecular formula is C13H25ClN2O2. The highest BCUT2D eigenvalue weighted by molar-refractivity contribution is 5.85. The van der Waals surface area contributed by atoms with Crippen molar-refractivity contribution < 1.29 is 9.53 Å². The van der Waals surface area contributed by atoms with Crippen LogP contribution in [-0.4, -0.2) is 50.2 Å². The molecule has 5 heteroatoms. The van der Waals surface area contributed by atoms with Crippen molar-refractivity contribution in [3.8, 4) is 0 Å². The molecule has 2 fully saturated rings. The maximum absolute atomic E-state index is 12.2. The van der Waals surface area contributed by atoms with Gasteiger partial charge in [0.15, 0.2) is 0 Å². The molecule has 2 aliphatic heterocycles. The van der Waals surface area contributed by atoms with Crippen LogP contribution in [0.2, 0.25) is 0 Å². The van der Waals surface area contributed by atoms with Crippen molar-refractivity contribution in [2.45, 2.75) is 38.1 Å². The molecule has 2 aliphatic rings. The molecule has 2 rings (SSSR count). The molecule has 0 saturated carbocycles. The van der Waals surface area contributed by atoms with Crippen molar-refractivity contribution >= 4 is 18.3 Å². The van der Waals surface area contributed by atoms with E-state index in [-0.39, 0.29) is 24.4 Å². The smallest absolute Gasteiger partial charge is 0.239 e. The Hall–Kier alpha value is -0.320. The molecular weight excluding hydrogens is 252 g/mol. The summed E-state index contributed by atoms with van der Waals surface area (Å²) in [5.41, 5.74) is 0. The van der Waals surface area contributed by atoms with Gasteiger partial charge in [-0.1, -0.05) is 6.42 Å².